The number of halogens is 2. The lowest BCUT2D eigenvalue weighted by Gasteiger charge is -2.20. The lowest BCUT2D eigenvalue weighted by Crippen LogP contribution is -2.40. The first-order valence-corrected chi connectivity index (χ1v) is 8.45. The zero-order valence-electron chi connectivity index (χ0n) is 14.0. The Bertz CT molecular complexity index is 726. The number of aromatic nitrogens is 1. The van der Waals surface area contributed by atoms with E-state index < -0.39 is 0 Å². The van der Waals surface area contributed by atoms with Crippen LogP contribution >= 0.6 is 23.2 Å². The molecule has 2 aromatic rings. The summed E-state index contributed by atoms with van der Waals surface area (Å²) < 4.78 is 0. The van der Waals surface area contributed by atoms with Crippen LogP contribution in [0.25, 0.3) is 0 Å². The van der Waals surface area contributed by atoms with Gasteiger partial charge in [0.2, 0.25) is 0 Å². The highest BCUT2D eigenvalue weighted by atomic mass is 35.5. The molecule has 2 rings (SSSR count). The van der Waals surface area contributed by atoms with Gasteiger partial charge in [0.15, 0.2) is 0 Å². The smallest absolute Gasteiger partial charge is 0.253 e. The van der Waals surface area contributed by atoms with E-state index in [1.54, 1.807) is 24.5 Å². The molecule has 128 valence electrons. The van der Waals surface area contributed by atoms with Gasteiger partial charge in [-0.05, 0) is 51.0 Å². The van der Waals surface area contributed by atoms with Crippen molar-refractivity contribution in [2.24, 2.45) is 0 Å². The number of carbonyl (C=O) groups is 1. The lowest BCUT2D eigenvalue weighted by molar-refractivity contribution is 0.0919. The van der Waals surface area contributed by atoms with Gasteiger partial charge in [0.05, 0.1) is 11.3 Å². The second kappa shape index (κ2) is 7.86. The number of anilines is 1. The minimum Gasteiger partial charge on any atom is -0.383 e. The average molecular weight is 366 g/mol. The molecule has 0 saturated carbocycles. The van der Waals surface area contributed by atoms with Crippen molar-refractivity contribution in [2.45, 2.75) is 32.7 Å². The van der Waals surface area contributed by atoms with Crippen molar-refractivity contribution in [3.8, 4) is 0 Å². The van der Waals surface area contributed by atoms with E-state index in [0.29, 0.717) is 22.2 Å². The van der Waals surface area contributed by atoms with Crippen LogP contribution in [0.15, 0.2) is 36.7 Å². The standard InChI is InChI=1S/C18H21Cl2N3O/c1-18(2,3)23-17(24)13-8-15(11-21-10-13)22-7-6-12-4-5-14(19)9-16(12)20/h4-5,8-11,22H,6-7H2,1-3H3,(H,23,24). The molecule has 1 aromatic heterocycles. The molecular formula is C18H21Cl2N3O. The molecule has 0 aliphatic rings. The zero-order chi connectivity index (χ0) is 17.7. The topological polar surface area (TPSA) is 54.0 Å². The summed E-state index contributed by atoms with van der Waals surface area (Å²) in [5, 5.41) is 7.46. The first kappa shape index (κ1) is 18.6. The zero-order valence-corrected chi connectivity index (χ0v) is 15.5. The lowest BCUT2D eigenvalue weighted by atomic mass is 10.1. The highest BCUT2D eigenvalue weighted by molar-refractivity contribution is 6.35. The third-order valence-electron chi connectivity index (χ3n) is 3.23. The van der Waals surface area contributed by atoms with Crippen molar-refractivity contribution in [3.63, 3.8) is 0 Å². The predicted octanol–water partition coefficient (Wildman–Crippen LogP) is 4.57. The summed E-state index contributed by atoms with van der Waals surface area (Å²) in [4.78, 5) is 16.3. The SMILES string of the molecule is CC(C)(C)NC(=O)c1cncc(NCCc2ccc(Cl)cc2Cl)c1. The van der Waals surface area contributed by atoms with Gasteiger partial charge < -0.3 is 10.6 Å². The summed E-state index contributed by atoms with van der Waals surface area (Å²) in [5.74, 6) is -0.139. The van der Waals surface area contributed by atoms with E-state index in [2.05, 4.69) is 15.6 Å². The summed E-state index contributed by atoms with van der Waals surface area (Å²) in [6, 6.07) is 7.26. The minimum absolute atomic E-state index is 0.139. The number of pyridine rings is 1. The van der Waals surface area contributed by atoms with E-state index in [0.717, 1.165) is 17.7 Å². The van der Waals surface area contributed by atoms with E-state index in [-0.39, 0.29) is 11.4 Å². The van der Waals surface area contributed by atoms with Gasteiger partial charge in [-0.3, -0.25) is 9.78 Å². The largest absolute Gasteiger partial charge is 0.383 e. The molecular weight excluding hydrogens is 345 g/mol. The number of rotatable bonds is 5. The molecule has 0 atom stereocenters. The van der Waals surface area contributed by atoms with E-state index in [1.807, 2.05) is 32.9 Å². The fourth-order valence-corrected chi connectivity index (χ4v) is 2.64. The van der Waals surface area contributed by atoms with Gasteiger partial charge >= 0.3 is 0 Å². The van der Waals surface area contributed by atoms with Gasteiger partial charge in [-0.15, -0.1) is 0 Å². The Morgan fingerprint density at radius 1 is 1.17 bits per heavy atom. The van der Waals surface area contributed by atoms with Crippen LogP contribution in [0.4, 0.5) is 5.69 Å². The van der Waals surface area contributed by atoms with E-state index in [1.165, 1.54) is 0 Å². The van der Waals surface area contributed by atoms with Gasteiger partial charge in [-0.25, -0.2) is 0 Å². The van der Waals surface area contributed by atoms with Crippen molar-refractivity contribution < 1.29 is 4.79 Å². The van der Waals surface area contributed by atoms with E-state index in [4.69, 9.17) is 23.2 Å². The van der Waals surface area contributed by atoms with Gasteiger partial charge in [0, 0.05) is 34.5 Å². The molecule has 0 radical (unpaired) electrons. The Hall–Kier alpha value is -1.78. The third-order valence-corrected chi connectivity index (χ3v) is 3.81. The van der Waals surface area contributed by atoms with Crippen molar-refractivity contribution in [2.75, 3.05) is 11.9 Å². The number of hydrogen-bond donors (Lipinski definition) is 2. The maximum atomic E-state index is 12.2. The Morgan fingerprint density at radius 3 is 2.58 bits per heavy atom. The fraction of sp³-hybridized carbons (Fsp3) is 0.333. The van der Waals surface area contributed by atoms with Gasteiger partial charge in [-0.1, -0.05) is 29.3 Å². The minimum atomic E-state index is -0.286. The Balaban J connectivity index is 1.96. The molecule has 0 unspecified atom stereocenters. The van der Waals surface area contributed by atoms with Crippen LogP contribution in [0.5, 0.6) is 0 Å². The average Bonchev–Trinajstić information content (AvgIpc) is 2.48. The summed E-state index contributed by atoms with van der Waals surface area (Å²) in [6.45, 7) is 6.50. The van der Waals surface area contributed by atoms with Crippen molar-refractivity contribution >= 4 is 34.8 Å². The van der Waals surface area contributed by atoms with Gasteiger partial charge in [0.25, 0.3) is 5.91 Å². The Kier molecular flexibility index (Phi) is 6.08. The predicted molar refractivity (Wildman–Crippen MR) is 100 cm³/mol. The maximum absolute atomic E-state index is 12.2. The normalized spacial score (nSPS) is 11.2. The molecule has 1 amide bonds. The number of amides is 1. The summed E-state index contributed by atoms with van der Waals surface area (Å²) in [6.07, 6.45) is 3.99. The van der Waals surface area contributed by atoms with Crippen LogP contribution in [0, 0.1) is 0 Å². The molecule has 0 spiro atoms. The number of nitrogens with one attached hydrogen (secondary N) is 2. The second-order valence-corrected chi connectivity index (χ2v) is 7.42. The molecule has 0 aliphatic heterocycles. The van der Waals surface area contributed by atoms with Crippen LogP contribution in [0.3, 0.4) is 0 Å². The Morgan fingerprint density at radius 2 is 1.92 bits per heavy atom. The van der Waals surface area contributed by atoms with Crippen LogP contribution in [0.2, 0.25) is 10.0 Å². The summed E-state index contributed by atoms with van der Waals surface area (Å²) in [7, 11) is 0. The summed E-state index contributed by atoms with van der Waals surface area (Å²) in [5.41, 5.74) is 2.05. The number of carbonyl (C=O) groups excluding carboxylic acids is 1. The van der Waals surface area contributed by atoms with Crippen molar-refractivity contribution in [1.82, 2.24) is 10.3 Å². The van der Waals surface area contributed by atoms with Crippen LogP contribution in [0.1, 0.15) is 36.7 Å². The molecule has 0 saturated heterocycles. The second-order valence-electron chi connectivity index (χ2n) is 6.58. The van der Waals surface area contributed by atoms with Crippen LogP contribution in [-0.4, -0.2) is 23.0 Å². The first-order chi connectivity index (χ1) is 11.2. The Labute approximate surface area is 152 Å². The highest BCUT2D eigenvalue weighted by Gasteiger charge is 2.15. The number of benzene rings is 1. The molecule has 1 heterocycles. The molecule has 0 fully saturated rings. The quantitative estimate of drug-likeness (QED) is 0.815. The van der Waals surface area contributed by atoms with Crippen LogP contribution < -0.4 is 10.6 Å². The van der Waals surface area contributed by atoms with Crippen molar-refractivity contribution in [1.29, 1.82) is 0 Å². The maximum Gasteiger partial charge on any atom is 0.253 e. The molecule has 0 bridgehead atoms. The summed E-state index contributed by atoms with van der Waals surface area (Å²) >= 11 is 12.1. The monoisotopic (exact) mass is 365 g/mol. The molecule has 2 N–H and O–H groups in total. The van der Waals surface area contributed by atoms with E-state index in [9.17, 15) is 4.79 Å². The van der Waals surface area contributed by atoms with Crippen molar-refractivity contribution in [3.05, 3.63) is 57.8 Å². The highest BCUT2D eigenvalue weighted by Crippen LogP contribution is 2.21. The molecule has 6 heteroatoms. The molecule has 24 heavy (non-hydrogen) atoms. The third kappa shape index (κ3) is 5.69. The fourth-order valence-electron chi connectivity index (χ4n) is 2.14. The van der Waals surface area contributed by atoms with Gasteiger partial charge in [0.1, 0.15) is 0 Å². The molecule has 0 aliphatic carbocycles. The van der Waals surface area contributed by atoms with Gasteiger partial charge in [-0.2, -0.15) is 0 Å². The number of hydrogen-bond acceptors (Lipinski definition) is 3. The molecule has 4 nitrogen and oxygen atoms in total. The number of nitrogens with zero attached hydrogens (tertiary/aromatic N) is 1. The molecule has 1 aromatic carbocycles. The van der Waals surface area contributed by atoms with Crippen LogP contribution in [-0.2, 0) is 6.42 Å². The first-order valence-electron chi connectivity index (χ1n) is 7.70. The van der Waals surface area contributed by atoms with E-state index >= 15 is 0 Å².